The number of rotatable bonds is 2. The van der Waals surface area contributed by atoms with Crippen molar-refractivity contribution in [1.82, 2.24) is 4.98 Å². The molecule has 0 aliphatic heterocycles. The SMILES string of the molecule is O=C(Nc1nc2c(Cl)cccc2s1)c1cc2ccccc2oc1=O. The Kier molecular flexibility index (Phi) is 3.55. The number of nitrogens with zero attached hydrogens (tertiary/aromatic N) is 1. The molecule has 1 amide bonds. The van der Waals surface area contributed by atoms with Crippen LogP contribution in [0.3, 0.4) is 0 Å². The second-order valence-electron chi connectivity index (χ2n) is 5.05. The van der Waals surface area contributed by atoms with E-state index >= 15 is 0 Å². The second-order valence-corrected chi connectivity index (χ2v) is 6.48. The Labute approximate surface area is 144 Å². The number of nitrogens with one attached hydrogen (secondary N) is 1. The minimum atomic E-state index is -0.689. The highest BCUT2D eigenvalue weighted by atomic mass is 35.5. The molecule has 7 heteroatoms. The molecule has 0 saturated carbocycles. The van der Waals surface area contributed by atoms with Crippen LogP contribution in [0.5, 0.6) is 0 Å². The molecule has 0 bridgehead atoms. The number of benzene rings is 2. The molecule has 0 unspecified atom stereocenters. The van der Waals surface area contributed by atoms with E-state index in [1.807, 2.05) is 12.1 Å². The smallest absolute Gasteiger partial charge is 0.349 e. The summed E-state index contributed by atoms with van der Waals surface area (Å²) in [5.41, 5.74) is 0.292. The average Bonchev–Trinajstić information content (AvgIpc) is 2.98. The van der Waals surface area contributed by atoms with Gasteiger partial charge in [-0.1, -0.05) is 47.2 Å². The number of fused-ring (bicyclic) bond motifs is 2. The Morgan fingerprint density at radius 3 is 2.83 bits per heavy atom. The van der Waals surface area contributed by atoms with Crippen LogP contribution < -0.4 is 10.9 Å². The number of aromatic nitrogens is 1. The summed E-state index contributed by atoms with van der Waals surface area (Å²) in [5, 5.41) is 4.19. The highest BCUT2D eigenvalue weighted by molar-refractivity contribution is 7.22. The molecule has 2 heterocycles. The van der Waals surface area contributed by atoms with Crippen molar-refractivity contribution in [2.75, 3.05) is 5.32 Å². The van der Waals surface area contributed by atoms with Crippen LogP contribution in [0.2, 0.25) is 5.02 Å². The number of carbonyl (C=O) groups is 1. The molecule has 0 atom stereocenters. The van der Waals surface area contributed by atoms with Gasteiger partial charge in [0.25, 0.3) is 5.91 Å². The Morgan fingerprint density at radius 2 is 2.00 bits per heavy atom. The molecule has 0 spiro atoms. The molecule has 2 aromatic carbocycles. The van der Waals surface area contributed by atoms with Crippen molar-refractivity contribution in [3.8, 4) is 0 Å². The maximum atomic E-state index is 12.4. The van der Waals surface area contributed by atoms with Crippen molar-refractivity contribution in [1.29, 1.82) is 0 Å². The van der Waals surface area contributed by atoms with Crippen LogP contribution in [0.25, 0.3) is 21.2 Å². The van der Waals surface area contributed by atoms with E-state index < -0.39 is 11.5 Å². The summed E-state index contributed by atoms with van der Waals surface area (Å²) in [5.74, 6) is -0.565. The monoisotopic (exact) mass is 356 g/mol. The third-order valence-corrected chi connectivity index (χ3v) is 4.72. The van der Waals surface area contributed by atoms with E-state index in [2.05, 4.69) is 10.3 Å². The number of halogens is 1. The molecule has 0 radical (unpaired) electrons. The number of hydrogen-bond acceptors (Lipinski definition) is 5. The fourth-order valence-electron chi connectivity index (χ4n) is 2.35. The van der Waals surface area contributed by atoms with Gasteiger partial charge in [-0.2, -0.15) is 0 Å². The first kappa shape index (κ1) is 14.9. The fourth-order valence-corrected chi connectivity index (χ4v) is 3.51. The molecule has 0 saturated heterocycles. The van der Waals surface area contributed by atoms with E-state index in [1.165, 1.54) is 17.4 Å². The van der Waals surface area contributed by atoms with Crippen molar-refractivity contribution < 1.29 is 9.21 Å². The second kappa shape index (κ2) is 5.74. The average molecular weight is 357 g/mol. The Morgan fingerprint density at radius 1 is 1.17 bits per heavy atom. The topological polar surface area (TPSA) is 72.2 Å². The Balaban J connectivity index is 1.71. The molecular weight excluding hydrogens is 348 g/mol. The minimum Gasteiger partial charge on any atom is -0.422 e. The number of thiazole rings is 1. The van der Waals surface area contributed by atoms with Crippen LogP contribution in [0.4, 0.5) is 5.13 Å². The summed E-state index contributed by atoms with van der Waals surface area (Å²) >= 11 is 7.36. The van der Waals surface area contributed by atoms with Gasteiger partial charge in [0.2, 0.25) is 0 Å². The zero-order valence-electron chi connectivity index (χ0n) is 12.1. The molecule has 4 rings (SSSR count). The summed E-state index contributed by atoms with van der Waals surface area (Å²) in [6.07, 6.45) is 0. The van der Waals surface area contributed by atoms with E-state index in [9.17, 15) is 9.59 Å². The van der Waals surface area contributed by atoms with E-state index in [4.69, 9.17) is 16.0 Å². The van der Waals surface area contributed by atoms with Gasteiger partial charge in [-0.3, -0.25) is 10.1 Å². The van der Waals surface area contributed by atoms with Gasteiger partial charge < -0.3 is 4.42 Å². The van der Waals surface area contributed by atoms with E-state index in [1.54, 1.807) is 30.3 Å². The summed E-state index contributed by atoms with van der Waals surface area (Å²) in [7, 11) is 0. The van der Waals surface area contributed by atoms with E-state index in [-0.39, 0.29) is 5.56 Å². The summed E-state index contributed by atoms with van der Waals surface area (Å²) in [4.78, 5) is 28.7. The first-order chi connectivity index (χ1) is 11.6. The summed E-state index contributed by atoms with van der Waals surface area (Å²) in [6.45, 7) is 0. The zero-order chi connectivity index (χ0) is 16.7. The molecule has 118 valence electrons. The number of para-hydroxylation sites is 2. The highest BCUT2D eigenvalue weighted by Crippen LogP contribution is 2.30. The lowest BCUT2D eigenvalue weighted by Crippen LogP contribution is -2.20. The lowest BCUT2D eigenvalue weighted by atomic mass is 10.2. The van der Waals surface area contributed by atoms with Gasteiger partial charge in [0.1, 0.15) is 16.7 Å². The van der Waals surface area contributed by atoms with Crippen LogP contribution in [0, 0.1) is 0 Å². The van der Waals surface area contributed by atoms with Crippen molar-refractivity contribution in [2.45, 2.75) is 0 Å². The first-order valence-corrected chi connectivity index (χ1v) is 8.20. The van der Waals surface area contributed by atoms with Gasteiger partial charge in [-0.05, 0) is 24.3 Å². The van der Waals surface area contributed by atoms with E-state index in [0.717, 1.165) is 4.70 Å². The van der Waals surface area contributed by atoms with Crippen LogP contribution in [-0.4, -0.2) is 10.9 Å². The molecule has 2 aromatic heterocycles. The number of hydrogen-bond donors (Lipinski definition) is 1. The standard InChI is InChI=1S/C17H9ClN2O3S/c18-11-5-3-7-13-14(11)19-17(24-13)20-15(21)10-8-9-4-1-2-6-12(9)23-16(10)22/h1-8H,(H,19,20,21). The van der Waals surface area contributed by atoms with Crippen molar-refractivity contribution in [2.24, 2.45) is 0 Å². The maximum absolute atomic E-state index is 12.4. The van der Waals surface area contributed by atoms with Crippen molar-refractivity contribution in [3.63, 3.8) is 0 Å². The third-order valence-electron chi connectivity index (χ3n) is 3.48. The first-order valence-electron chi connectivity index (χ1n) is 7.01. The fraction of sp³-hybridized carbons (Fsp3) is 0. The molecule has 4 aromatic rings. The molecule has 0 fully saturated rings. The Bertz CT molecular complexity index is 1150. The van der Waals surface area contributed by atoms with Gasteiger partial charge in [-0.15, -0.1) is 0 Å². The van der Waals surface area contributed by atoms with Crippen LogP contribution in [-0.2, 0) is 0 Å². The normalized spacial score (nSPS) is 11.0. The number of carbonyl (C=O) groups excluding carboxylic acids is 1. The van der Waals surface area contributed by atoms with Crippen molar-refractivity contribution in [3.05, 3.63) is 69.5 Å². The molecule has 1 N–H and O–H groups in total. The summed E-state index contributed by atoms with van der Waals surface area (Å²) < 4.78 is 6.03. The quantitative estimate of drug-likeness (QED) is 0.543. The Hall–Kier alpha value is -2.70. The molecule has 5 nitrogen and oxygen atoms in total. The lowest BCUT2D eigenvalue weighted by Gasteiger charge is -2.02. The molecule has 0 aliphatic carbocycles. The minimum absolute atomic E-state index is 0.0703. The predicted octanol–water partition coefficient (Wildman–Crippen LogP) is 4.31. The van der Waals surface area contributed by atoms with Gasteiger partial charge in [0.05, 0.1) is 9.72 Å². The lowest BCUT2D eigenvalue weighted by molar-refractivity contribution is 0.102. The van der Waals surface area contributed by atoms with Crippen molar-refractivity contribution >= 4 is 55.2 Å². The van der Waals surface area contributed by atoms with Crippen LogP contribution in [0.15, 0.2) is 57.7 Å². The third kappa shape index (κ3) is 2.55. The van der Waals surface area contributed by atoms with Gasteiger partial charge in [0, 0.05) is 5.39 Å². The van der Waals surface area contributed by atoms with Gasteiger partial charge >= 0.3 is 5.63 Å². The van der Waals surface area contributed by atoms with Gasteiger partial charge in [0.15, 0.2) is 5.13 Å². The predicted molar refractivity (Wildman–Crippen MR) is 95.1 cm³/mol. The highest BCUT2D eigenvalue weighted by Gasteiger charge is 2.16. The molecule has 0 aliphatic rings. The number of anilines is 1. The molecule has 24 heavy (non-hydrogen) atoms. The van der Waals surface area contributed by atoms with Crippen LogP contribution >= 0.6 is 22.9 Å². The zero-order valence-corrected chi connectivity index (χ0v) is 13.6. The summed E-state index contributed by atoms with van der Waals surface area (Å²) in [6, 6.07) is 13.9. The van der Waals surface area contributed by atoms with Gasteiger partial charge in [-0.25, -0.2) is 9.78 Å². The number of amides is 1. The molecular formula is C17H9ClN2O3S. The largest absolute Gasteiger partial charge is 0.422 e. The van der Waals surface area contributed by atoms with Crippen LogP contribution in [0.1, 0.15) is 10.4 Å². The maximum Gasteiger partial charge on any atom is 0.349 e. The van der Waals surface area contributed by atoms with E-state index in [0.29, 0.717) is 26.6 Å².